The van der Waals surface area contributed by atoms with E-state index in [1.807, 2.05) is 114 Å². The first-order chi connectivity index (χ1) is 19.2. The average molecular weight is 536 g/mol. The molecule has 4 aromatic rings. The summed E-state index contributed by atoms with van der Waals surface area (Å²) in [6, 6.07) is 25.0. The van der Waals surface area contributed by atoms with Crippen molar-refractivity contribution >= 4 is 22.8 Å². The highest BCUT2D eigenvalue weighted by molar-refractivity contribution is 6.00. The van der Waals surface area contributed by atoms with Gasteiger partial charge >= 0.3 is 11.9 Å². The van der Waals surface area contributed by atoms with Crippen LogP contribution in [0.3, 0.4) is 0 Å². The predicted octanol–water partition coefficient (Wildman–Crippen LogP) is 6.42. The Bertz CT molecular complexity index is 1540. The minimum atomic E-state index is -0.697. The molecule has 0 radical (unpaired) electrons. The number of hydrogen-bond donors (Lipinski definition) is 1. The van der Waals surface area contributed by atoms with Crippen LogP contribution in [-0.4, -0.2) is 21.7 Å². The number of esters is 2. The highest BCUT2D eigenvalue weighted by Crippen LogP contribution is 2.41. The number of aromatic nitrogens is 2. The lowest BCUT2D eigenvalue weighted by atomic mass is 9.80. The van der Waals surface area contributed by atoms with Gasteiger partial charge in [-0.2, -0.15) is 5.10 Å². The lowest BCUT2D eigenvalue weighted by molar-refractivity contribution is -0.145. The van der Waals surface area contributed by atoms with E-state index in [2.05, 4.69) is 10.4 Å². The minimum Gasteiger partial charge on any atom is -0.454 e. The van der Waals surface area contributed by atoms with Crippen molar-refractivity contribution < 1.29 is 19.1 Å². The van der Waals surface area contributed by atoms with Crippen molar-refractivity contribution in [3.05, 3.63) is 124 Å². The Morgan fingerprint density at radius 1 is 0.800 bits per heavy atom. The maximum Gasteiger partial charge on any atom is 0.337 e. The van der Waals surface area contributed by atoms with Crippen molar-refractivity contribution in [2.75, 3.05) is 0 Å². The van der Waals surface area contributed by atoms with E-state index < -0.39 is 30.1 Å². The molecule has 0 amide bonds. The number of fused-ring (bicyclic) bond motifs is 1. The number of allylic oxidation sites excluding steroid dienone is 2. The number of nitrogens with one attached hydrogen (secondary N) is 1. The Morgan fingerprint density at radius 2 is 1.30 bits per heavy atom. The third-order valence-electron chi connectivity index (χ3n) is 7.41. The number of carbonyl (C=O) groups is 2. The fraction of sp³-hybridized carbons (Fsp3) is 0.242. The fourth-order valence-electron chi connectivity index (χ4n) is 5.26. The van der Waals surface area contributed by atoms with Gasteiger partial charge in [-0.3, -0.25) is 4.68 Å². The van der Waals surface area contributed by atoms with Crippen LogP contribution in [0, 0.1) is 0 Å². The van der Waals surface area contributed by atoms with Crippen LogP contribution in [-0.2, 0) is 26.1 Å². The van der Waals surface area contributed by atoms with Gasteiger partial charge in [-0.1, -0.05) is 66.7 Å². The molecule has 7 heteroatoms. The minimum absolute atomic E-state index is 0.371. The van der Waals surface area contributed by atoms with Gasteiger partial charge in [-0.25, -0.2) is 9.59 Å². The van der Waals surface area contributed by atoms with E-state index in [4.69, 9.17) is 9.47 Å². The molecule has 1 aliphatic rings. The zero-order valence-corrected chi connectivity index (χ0v) is 23.3. The van der Waals surface area contributed by atoms with Gasteiger partial charge in [0, 0.05) is 23.8 Å². The SMILES string of the molecule is CC1=C(C(=O)O[C@H](C)c2ccccc2)C(c2ccc3c(cnn3C)c2)C(C(=O)O[C@H](C)c2ccccc2)=C(C)N1. The van der Waals surface area contributed by atoms with E-state index in [1.54, 1.807) is 10.9 Å². The number of dihydropyridines is 1. The summed E-state index contributed by atoms with van der Waals surface area (Å²) < 4.78 is 13.7. The smallest absolute Gasteiger partial charge is 0.337 e. The molecule has 5 rings (SSSR count). The third-order valence-corrected chi connectivity index (χ3v) is 7.41. The standard InChI is InChI=1S/C33H33N3O4/c1-20-29(32(37)39-22(3)24-12-8-6-9-13-24)31(26-16-17-28-27(18-26)19-34-36(28)5)30(21(2)35-20)33(38)40-23(4)25-14-10-7-11-15-25/h6-19,22-23,31,35H,1-5H3/t22-,23-/m1/s1. The van der Waals surface area contributed by atoms with E-state index in [-0.39, 0.29) is 0 Å². The summed E-state index contributed by atoms with van der Waals surface area (Å²) in [5.41, 5.74) is 5.50. The van der Waals surface area contributed by atoms with Crippen molar-refractivity contribution in [3.8, 4) is 0 Å². The molecule has 40 heavy (non-hydrogen) atoms. The topological polar surface area (TPSA) is 82.5 Å². The highest BCUT2D eigenvalue weighted by atomic mass is 16.5. The summed E-state index contributed by atoms with van der Waals surface area (Å²) in [4.78, 5) is 27.7. The van der Waals surface area contributed by atoms with Crippen LogP contribution in [0.15, 0.2) is 108 Å². The quantitative estimate of drug-likeness (QED) is 0.275. The van der Waals surface area contributed by atoms with Crippen LogP contribution >= 0.6 is 0 Å². The second-order valence-corrected chi connectivity index (χ2v) is 10.1. The second-order valence-electron chi connectivity index (χ2n) is 10.1. The number of carbonyl (C=O) groups excluding carboxylic acids is 2. The molecule has 1 aromatic heterocycles. The summed E-state index contributed by atoms with van der Waals surface area (Å²) in [5.74, 6) is -1.69. The van der Waals surface area contributed by atoms with Gasteiger partial charge in [0.2, 0.25) is 0 Å². The first-order valence-corrected chi connectivity index (χ1v) is 13.4. The summed E-state index contributed by atoms with van der Waals surface area (Å²) in [6.07, 6.45) is 0.824. The van der Waals surface area contributed by atoms with E-state index in [9.17, 15) is 9.59 Å². The molecule has 0 bridgehead atoms. The van der Waals surface area contributed by atoms with Gasteiger partial charge in [0.15, 0.2) is 0 Å². The van der Waals surface area contributed by atoms with Crippen LogP contribution in [0.2, 0.25) is 0 Å². The van der Waals surface area contributed by atoms with E-state index in [1.165, 1.54) is 0 Å². The van der Waals surface area contributed by atoms with Gasteiger partial charge in [-0.15, -0.1) is 0 Å². The summed E-state index contributed by atoms with van der Waals surface area (Å²) in [6.45, 7) is 7.34. The Balaban J connectivity index is 1.55. The summed E-state index contributed by atoms with van der Waals surface area (Å²) in [5, 5.41) is 8.52. The van der Waals surface area contributed by atoms with Crippen LogP contribution in [0.1, 0.15) is 62.5 Å². The van der Waals surface area contributed by atoms with Crippen molar-refractivity contribution in [2.45, 2.75) is 45.8 Å². The lowest BCUT2D eigenvalue weighted by Gasteiger charge is -2.31. The molecule has 1 N–H and O–H groups in total. The fourth-order valence-corrected chi connectivity index (χ4v) is 5.26. The molecular formula is C33H33N3O4. The van der Waals surface area contributed by atoms with E-state index in [0.29, 0.717) is 22.5 Å². The molecule has 1 aliphatic heterocycles. The monoisotopic (exact) mass is 535 g/mol. The number of nitrogens with zero attached hydrogens (tertiary/aromatic N) is 2. The molecule has 204 valence electrons. The van der Waals surface area contributed by atoms with Gasteiger partial charge in [0.05, 0.1) is 28.8 Å². The number of ether oxygens (including phenoxy) is 2. The Morgan fingerprint density at radius 3 is 1.80 bits per heavy atom. The van der Waals surface area contributed by atoms with Crippen LogP contribution < -0.4 is 5.32 Å². The molecule has 3 aromatic carbocycles. The molecule has 0 saturated heterocycles. The van der Waals surface area contributed by atoms with Crippen LogP contribution in [0.4, 0.5) is 0 Å². The molecule has 2 atom stereocenters. The van der Waals surface area contributed by atoms with E-state index in [0.717, 1.165) is 27.6 Å². The maximum absolute atomic E-state index is 13.9. The number of rotatable bonds is 7. The largest absolute Gasteiger partial charge is 0.454 e. The van der Waals surface area contributed by atoms with Crippen molar-refractivity contribution in [3.63, 3.8) is 0 Å². The van der Waals surface area contributed by atoms with Crippen LogP contribution in [0.25, 0.3) is 10.9 Å². The van der Waals surface area contributed by atoms with Crippen molar-refractivity contribution in [1.29, 1.82) is 0 Å². The molecule has 7 nitrogen and oxygen atoms in total. The number of benzene rings is 3. The van der Waals surface area contributed by atoms with Crippen LogP contribution in [0.5, 0.6) is 0 Å². The summed E-state index contributed by atoms with van der Waals surface area (Å²) >= 11 is 0. The van der Waals surface area contributed by atoms with Gasteiger partial charge in [0.1, 0.15) is 12.2 Å². The molecular weight excluding hydrogens is 502 g/mol. The first-order valence-electron chi connectivity index (χ1n) is 13.4. The Hall–Kier alpha value is -4.65. The Labute approximate surface area is 234 Å². The molecule has 0 fully saturated rings. The Kier molecular flexibility index (Phi) is 7.56. The van der Waals surface area contributed by atoms with Crippen molar-refractivity contribution in [2.24, 2.45) is 7.05 Å². The maximum atomic E-state index is 13.9. The average Bonchev–Trinajstić information content (AvgIpc) is 3.33. The zero-order chi connectivity index (χ0) is 28.4. The predicted molar refractivity (Wildman–Crippen MR) is 154 cm³/mol. The van der Waals surface area contributed by atoms with Crippen molar-refractivity contribution in [1.82, 2.24) is 15.1 Å². The zero-order valence-electron chi connectivity index (χ0n) is 23.3. The van der Waals surface area contributed by atoms with Gasteiger partial charge < -0.3 is 14.8 Å². The highest BCUT2D eigenvalue weighted by Gasteiger charge is 2.39. The van der Waals surface area contributed by atoms with Gasteiger partial charge in [-0.05, 0) is 56.5 Å². The first kappa shape index (κ1) is 26.9. The molecule has 2 heterocycles. The molecule has 0 saturated carbocycles. The lowest BCUT2D eigenvalue weighted by Crippen LogP contribution is -2.33. The third kappa shape index (κ3) is 5.27. The number of hydrogen-bond acceptors (Lipinski definition) is 6. The molecule has 0 aliphatic carbocycles. The molecule has 0 unspecified atom stereocenters. The normalized spacial score (nSPS) is 15.5. The van der Waals surface area contributed by atoms with E-state index >= 15 is 0 Å². The second kappa shape index (κ2) is 11.2. The van der Waals surface area contributed by atoms with Gasteiger partial charge in [0.25, 0.3) is 0 Å². The summed E-state index contributed by atoms with van der Waals surface area (Å²) in [7, 11) is 1.88. The molecule has 0 spiro atoms. The number of aryl methyl sites for hydroxylation is 1.